The highest BCUT2D eigenvalue weighted by Gasteiger charge is 2.09. The zero-order valence-electron chi connectivity index (χ0n) is 13.5. The van der Waals surface area contributed by atoms with Crippen LogP contribution in [-0.2, 0) is 0 Å². The van der Waals surface area contributed by atoms with Crippen molar-refractivity contribution in [1.29, 1.82) is 0 Å². The number of nitrogens with one attached hydrogen (secondary N) is 2. The normalized spacial score (nSPS) is 11.0. The second-order valence-electron chi connectivity index (χ2n) is 5.81. The van der Waals surface area contributed by atoms with E-state index in [9.17, 15) is 4.79 Å². The number of aryl methyl sites for hydroxylation is 1. The molecule has 5 nitrogen and oxygen atoms in total. The lowest BCUT2D eigenvalue weighted by atomic mass is 10.1. The summed E-state index contributed by atoms with van der Waals surface area (Å²) < 4.78 is 2.86. The summed E-state index contributed by atoms with van der Waals surface area (Å²) in [5, 5.41) is 2.87. The Morgan fingerprint density at radius 2 is 2.04 bits per heavy atom. The Balaban J connectivity index is 1.57. The van der Waals surface area contributed by atoms with Crippen LogP contribution in [-0.4, -0.2) is 20.3 Å². The summed E-state index contributed by atoms with van der Waals surface area (Å²) in [6.45, 7) is 2.05. The SMILES string of the molecule is Cc1cccn2cc(-c3ccc(NC(=O)c4cc(Br)c[nH]4)cc3)nc12. The Morgan fingerprint density at radius 1 is 1.24 bits per heavy atom. The predicted molar refractivity (Wildman–Crippen MR) is 102 cm³/mol. The Bertz CT molecular complexity index is 1060. The van der Waals surface area contributed by atoms with Crippen molar-refractivity contribution in [3.05, 3.63) is 76.8 Å². The third-order valence-electron chi connectivity index (χ3n) is 4.01. The molecule has 0 saturated carbocycles. The number of nitrogens with zero attached hydrogens (tertiary/aromatic N) is 2. The highest BCUT2D eigenvalue weighted by atomic mass is 79.9. The van der Waals surface area contributed by atoms with Crippen LogP contribution in [0.2, 0.25) is 0 Å². The number of halogens is 1. The number of aromatic amines is 1. The molecule has 0 unspecified atom stereocenters. The summed E-state index contributed by atoms with van der Waals surface area (Å²) in [5.74, 6) is -0.179. The van der Waals surface area contributed by atoms with Crippen molar-refractivity contribution in [3.8, 4) is 11.3 Å². The van der Waals surface area contributed by atoms with E-state index in [-0.39, 0.29) is 5.91 Å². The Hall–Kier alpha value is -2.86. The maximum Gasteiger partial charge on any atom is 0.272 e. The number of carbonyl (C=O) groups excluding carboxylic acids is 1. The van der Waals surface area contributed by atoms with Crippen LogP contribution in [0.3, 0.4) is 0 Å². The van der Waals surface area contributed by atoms with Gasteiger partial charge in [-0.2, -0.15) is 0 Å². The van der Waals surface area contributed by atoms with Gasteiger partial charge in [-0.05, 0) is 52.7 Å². The first-order valence-electron chi connectivity index (χ1n) is 7.80. The number of aromatic nitrogens is 3. The number of hydrogen-bond donors (Lipinski definition) is 2. The number of pyridine rings is 1. The number of H-pyrrole nitrogens is 1. The number of hydrogen-bond acceptors (Lipinski definition) is 2. The van der Waals surface area contributed by atoms with E-state index in [0.29, 0.717) is 5.69 Å². The lowest BCUT2D eigenvalue weighted by Crippen LogP contribution is -2.11. The largest absolute Gasteiger partial charge is 0.356 e. The van der Waals surface area contributed by atoms with Crippen LogP contribution in [0.4, 0.5) is 5.69 Å². The predicted octanol–water partition coefficient (Wildman–Crippen LogP) is 4.65. The fourth-order valence-electron chi connectivity index (χ4n) is 2.71. The first kappa shape index (κ1) is 15.7. The molecule has 0 atom stereocenters. The van der Waals surface area contributed by atoms with E-state index in [2.05, 4.69) is 31.2 Å². The quantitative estimate of drug-likeness (QED) is 0.530. The van der Waals surface area contributed by atoms with Gasteiger partial charge in [0.1, 0.15) is 11.3 Å². The minimum atomic E-state index is -0.179. The lowest BCUT2D eigenvalue weighted by molar-refractivity contribution is 0.102. The summed E-state index contributed by atoms with van der Waals surface area (Å²) >= 11 is 3.32. The Kier molecular flexibility index (Phi) is 3.89. The summed E-state index contributed by atoms with van der Waals surface area (Å²) in [7, 11) is 0. The maximum atomic E-state index is 12.2. The zero-order chi connectivity index (χ0) is 17.4. The molecule has 2 N–H and O–H groups in total. The van der Waals surface area contributed by atoms with Crippen molar-refractivity contribution >= 4 is 33.2 Å². The maximum absolute atomic E-state index is 12.2. The van der Waals surface area contributed by atoms with Gasteiger partial charge < -0.3 is 14.7 Å². The van der Waals surface area contributed by atoms with Gasteiger partial charge in [-0.1, -0.05) is 18.2 Å². The van der Waals surface area contributed by atoms with Crippen molar-refractivity contribution in [2.45, 2.75) is 6.92 Å². The molecule has 1 amide bonds. The molecule has 0 aliphatic rings. The number of anilines is 1. The second-order valence-corrected chi connectivity index (χ2v) is 6.73. The zero-order valence-corrected chi connectivity index (χ0v) is 15.0. The molecule has 0 spiro atoms. The van der Waals surface area contributed by atoms with E-state index in [0.717, 1.165) is 32.6 Å². The summed E-state index contributed by atoms with van der Waals surface area (Å²) in [5.41, 5.74) is 5.23. The molecular formula is C19H15BrN4O. The lowest BCUT2D eigenvalue weighted by Gasteiger charge is -2.04. The van der Waals surface area contributed by atoms with Crippen LogP contribution in [0.15, 0.2) is 65.5 Å². The van der Waals surface area contributed by atoms with E-state index < -0.39 is 0 Å². The number of benzene rings is 1. The van der Waals surface area contributed by atoms with Crippen LogP contribution >= 0.6 is 15.9 Å². The molecule has 3 heterocycles. The van der Waals surface area contributed by atoms with Gasteiger partial charge in [0.05, 0.1) is 5.69 Å². The van der Waals surface area contributed by atoms with Gasteiger partial charge in [0, 0.05) is 34.3 Å². The fraction of sp³-hybridized carbons (Fsp3) is 0.0526. The first-order chi connectivity index (χ1) is 12.1. The molecule has 6 heteroatoms. The van der Waals surface area contributed by atoms with Crippen LogP contribution < -0.4 is 5.32 Å². The average molecular weight is 395 g/mol. The van der Waals surface area contributed by atoms with Crippen molar-refractivity contribution in [3.63, 3.8) is 0 Å². The summed E-state index contributed by atoms with van der Waals surface area (Å²) in [6, 6.07) is 13.5. The van der Waals surface area contributed by atoms with Crippen molar-refractivity contribution in [2.75, 3.05) is 5.32 Å². The van der Waals surface area contributed by atoms with E-state index in [4.69, 9.17) is 0 Å². The third kappa shape index (κ3) is 3.08. The monoisotopic (exact) mass is 394 g/mol. The summed E-state index contributed by atoms with van der Waals surface area (Å²) in [6.07, 6.45) is 5.72. The number of fused-ring (bicyclic) bond motifs is 1. The highest BCUT2D eigenvalue weighted by molar-refractivity contribution is 9.10. The minimum Gasteiger partial charge on any atom is -0.356 e. The second kappa shape index (κ2) is 6.22. The van der Waals surface area contributed by atoms with Gasteiger partial charge in [-0.25, -0.2) is 4.98 Å². The number of amides is 1. The number of carbonyl (C=O) groups is 1. The van der Waals surface area contributed by atoms with Gasteiger partial charge >= 0.3 is 0 Å². The first-order valence-corrected chi connectivity index (χ1v) is 8.59. The van der Waals surface area contributed by atoms with Crippen molar-refractivity contribution < 1.29 is 4.79 Å². The van der Waals surface area contributed by atoms with E-state index >= 15 is 0 Å². The van der Waals surface area contributed by atoms with Gasteiger partial charge in [-0.3, -0.25) is 4.79 Å². The summed E-state index contributed by atoms with van der Waals surface area (Å²) in [4.78, 5) is 19.8. The minimum absolute atomic E-state index is 0.179. The topological polar surface area (TPSA) is 62.2 Å². The number of imidazole rings is 1. The average Bonchev–Trinajstić information content (AvgIpc) is 3.23. The molecule has 3 aromatic heterocycles. The molecule has 0 bridgehead atoms. The molecule has 1 aromatic carbocycles. The van der Waals surface area contributed by atoms with Crippen molar-refractivity contribution in [2.24, 2.45) is 0 Å². The van der Waals surface area contributed by atoms with Crippen LogP contribution in [0.25, 0.3) is 16.9 Å². The molecule has 0 aliphatic heterocycles. The van der Waals surface area contributed by atoms with Crippen LogP contribution in [0.5, 0.6) is 0 Å². The molecule has 0 radical (unpaired) electrons. The molecular weight excluding hydrogens is 380 g/mol. The Labute approximate surface area is 152 Å². The Morgan fingerprint density at radius 3 is 2.72 bits per heavy atom. The van der Waals surface area contributed by atoms with Gasteiger partial charge in [0.15, 0.2) is 0 Å². The molecule has 124 valence electrons. The van der Waals surface area contributed by atoms with Gasteiger partial charge in [-0.15, -0.1) is 0 Å². The van der Waals surface area contributed by atoms with Gasteiger partial charge in [0.25, 0.3) is 5.91 Å². The standard InChI is InChI=1S/C19H15BrN4O/c1-12-3-2-8-24-11-17(23-18(12)24)13-4-6-15(7-5-13)22-19(25)16-9-14(20)10-21-16/h2-11,21H,1H3,(H,22,25). The molecule has 0 aliphatic carbocycles. The van der Waals surface area contributed by atoms with Gasteiger partial charge in [0.2, 0.25) is 0 Å². The molecule has 0 saturated heterocycles. The molecule has 4 rings (SSSR count). The van der Waals surface area contributed by atoms with Crippen molar-refractivity contribution in [1.82, 2.24) is 14.4 Å². The smallest absolute Gasteiger partial charge is 0.272 e. The van der Waals surface area contributed by atoms with E-state index in [1.54, 1.807) is 12.3 Å². The molecule has 25 heavy (non-hydrogen) atoms. The number of rotatable bonds is 3. The molecule has 4 aromatic rings. The highest BCUT2D eigenvalue weighted by Crippen LogP contribution is 2.23. The van der Waals surface area contributed by atoms with E-state index in [1.807, 2.05) is 60.1 Å². The van der Waals surface area contributed by atoms with Crippen LogP contribution in [0.1, 0.15) is 16.1 Å². The van der Waals surface area contributed by atoms with Crippen LogP contribution in [0, 0.1) is 6.92 Å². The third-order valence-corrected chi connectivity index (χ3v) is 4.47. The fourth-order valence-corrected chi connectivity index (χ4v) is 3.06. The van der Waals surface area contributed by atoms with E-state index in [1.165, 1.54) is 0 Å². The molecule has 0 fully saturated rings.